The Morgan fingerprint density at radius 1 is 0.660 bits per heavy atom. The molecule has 0 radical (unpaired) electrons. The Balaban J connectivity index is -0.000000694. The van der Waals surface area contributed by atoms with E-state index in [2.05, 4.69) is 202 Å². The molecular formula is C39H55Cl3I6N3S2-. The zero-order chi connectivity index (χ0) is 38.4. The quantitative estimate of drug-likeness (QED) is 0.0993. The van der Waals surface area contributed by atoms with Crippen molar-refractivity contribution < 1.29 is 13.3 Å². The van der Waals surface area contributed by atoms with Crippen LogP contribution in [0.3, 0.4) is 0 Å². The number of nitrogens with one attached hydrogen (secondary N) is 1. The predicted octanol–water partition coefficient (Wildman–Crippen LogP) is 13.8. The molecule has 4 aromatic carbocycles. The number of halogens is 9. The van der Waals surface area contributed by atoms with Crippen molar-refractivity contribution in [2.45, 2.75) is 93.2 Å². The molecule has 14 heteroatoms. The van der Waals surface area contributed by atoms with Crippen LogP contribution in [-0.4, -0.2) is 26.2 Å². The van der Waals surface area contributed by atoms with E-state index in [4.69, 9.17) is 5.73 Å². The van der Waals surface area contributed by atoms with E-state index in [1.54, 1.807) is 33.2 Å². The van der Waals surface area contributed by atoms with Crippen LogP contribution in [-0.2, 0) is 0 Å². The van der Waals surface area contributed by atoms with Crippen LogP contribution in [0, 0.1) is 27.7 Å². The standard InChI is InChI=1S/C18H22N2S.C14H15NS.C7H16.ClI.2ClH.I3.I2/c1-14-7-8-17(15(2)13-14)21-18-6-4-3-5-16(18)20-11-9-19-10-12-20;1-10-7-8-13(11(2)9-10)16-14-6-4-3-5-12(14)15;1-3-5-7-6-4-2;1-2;;;1-3-2;1-2/h3-8,13,19H,9-12H2,1-2H3;3-9H,15H2,1-2H3;3-7H2,1-2H3;;2*1H;;/q;;;;;;-1;. The number of anilines is 2. The number of benzene rings is 4. The van der Waals surface area contributed by atoms with E-state index < -0.39 is 0 Å². The van der Waals surface area contributed by atoms with Crippen LogP contribution in [0.5, 0.6) is 0 Å². The Morgan fingerprint density at radius 3 is 1.51 bits per heavy atom. The van der Waals surface area contributed by atoms with E-state index in [9.17, 15) is 0 Å². The summed E-state index contributed by atoms with van der Waals surface area (Å²) >= 11 is 14.8. The summed E-state index contributed by atoms with van der Waals surface area (Å²) < 4.78 is 0. The van der Waals surface area contributed by atoms with Crippen LogP contribution in [0.1, 0.15) is 68.2 Å². The van der Waals surface area contributed by atoms with Crippen molar-refractivity contribution in [3.63, 3.8) is 0 Å². The molecule has 0 atom stereocenters. The summed E-state index contributed by atoms with van der Waals surface area (Å²) in [5.74, 6) is 0. The van der Waals surface area contributed by atoms with Gasteiger partial charge >= 0.3 is 50.5 Å². The van der Waals surface area contributed by atoms with Crippen LogP contribution in [0.25, 0.3) is 0 Å². The van der Waals surface area contributed by atoms with Gasteiger partial charge in [-0.15, -0.1) is 24.8 Å². The summed E-state index contributed by atoms with van der Waals surface area (Å²) in [5.41, 5.74) is 13.4. The van der Waals surface area contributed by atoms with Crippen LogP contribution in [0.2, 0.25) is 0 Å². The number of hydrogen-bond donors (Lipinski definition) is 2. The number of nitrogens with zero attached hydrogens (tertiary/aromatic N) is 1. The van der Waals surface area contributed by atoms with Gasteiger partial charge in [-0.05, 0) is 84.1 Å². The molecule has 5 rings (SSSR count). The van der Waals surface area contributed by atoms with Gasteiger partial charge in [0.25, 0.3) is 0 Å². The van der Waals surface area contributed by atoms with E-state index >= 15 is 0 Å². The van der Waals surface area contributed by atoms with Gasteiger partial charge in [-0.2, -0.15) is 0 Å². The van der Waals surface area contributed by atoms with Gasteiger partial charge < -0.3 is 16.0 Å². The van der Waals surface area contributed by atoms with Crippen molar-refractivity contribution in [2.24, 2.45) is 0 Å². The number of aryl methyl sites for hydroxylation is 4. The van der Waals surface area contributed by atoms with Gasteiger partial charge in [0.1, 0.15) is 0 Å². The van der Waals surface area contributed by atoms with Crippen LogP contribution in [0.4, 0.5) is 11.4 Å². The molecule has 3 N–H and O–H groups in total. The van der Waals surface area contributed by atoms with E-state index in [-0.39, 0.29) is 24.8 Å². The number of para-hydroxylation sites is 2. The zero-order valence-corrected chi connectivity index (χ0v) is 48.2. The first kappa shape index (κ1) is 59.7. The third-order valence-electron chi connectivity index (χ3n) is 7.55. The topological polar surface area (TPSA) is 41.3 Å². The SMILES string of the molecule is CCCCCCC.Cc1ccc(Sc2ccccc2N)c(C)c1.Cc1ccc(Sc2ccccc2N2CCNCC2)c(C)c1.Cl.Cl.ClI.II.I[I-]I. The molecule has 0 spiro atoms. The second-order valence-corrected chi connectivity index (χ2v) is 30.0. The minimum atomic E-state index is 0. The van der Waals surface area contributed by atoms with Crippen molar-refractivity contribution in [1.29, 1.82) is 0 Å². The predicted molar refractivity (Wildman–Crippen MR) is 287 cm³/mol. The number of hydrogen-bond acceptors (Lipinski definition) is 5. The summed E-state index contributed by atoms with van der Waals surface area (Å²) in [6, 6.07) is 29.9. The van der Waals surface area contributed by atoms with Gasteiger partial charge in [0.15, 0.2) is 0 Å². The first-order valence-electron chi connectivity index (χ1n) is 16.8. The maximum absolute atomic E-state index is 5.93. The van der Waals surface area contributed by atoms with E-state index in [1.165, 1.54) is 74.7 Å². The molecular weight excluding hydrogens is 1440 g/mol. The van der Waals surface area contributed by atoms with Crippen molar-refractivity contribution in [3.05, 3.63) is 107 Å². The number of rotatable bonds is 9. The Morgan fingerprint density at radius 2 is 1.08 bits per heavy atom. The number of nitrogens with two attached hydrogens (primary N) is 1. The van der Waals surface area contributed by atoms with Gasteiger partial charge in [0, 0.05) is 110 Å². The monoisotopic (exact) mass is 1500 g/mol. The van der Waals surface area contributed by atoms with Crippen molar-refractivity contribution in [1.82, 2.24) is 5.32 Å². The maximum atomic E-state index is 5.93. The van der Waals surface area contributed by atoms with Crippen molar-refractivity contribution >= 4 is 165 Å². The van der Waals surface area contributed by atoms with Crippen LogP contribution in [0.15, 0.2) is 105 Å². The molecule has 302 valence electrons. The van der Waals surface area contributed by atoms with Gasteiger partial charge in [-0.3, -0.25) is 0 Å². The Hall–Kier alpha value is 2.39. The molecule has 0 unspecified atom stereocenters. The van der Waals surface area contributed by atoms with E-state index in [1.807, 2.05) is 30.0 Å². The molecule has 1 heterocycles. The summed E-state index contributed by atoms with van der Waals surface area (Å²) in [5, 5.41) is 3.42. The molecule has 3 nitrogen and oxygen atoms in total. The summed E-state index contributed by atoms with van der Waals surface area (Å²) in [4.78, 5) is 7.58. The molecule has 0 aliphatic carbocycles. The summed E-state index contributed by atoms with van der Waals surface area (Å²) in [7, 11) is 4.61. The Labute approximate surface area is 413 Å². The molecule has 0 aromatic heterocycles. The average molecular weight is 1500 g/mol. The first-order valence-corrected chi connectivity index (χ1v) is 40.0. The molecule has 53 heavy (non-hydrogen) atoms. The van der Waals surface area contributed by atoms with Gasteiger partial charge in [0.2, 0.25) is 0 Å². The first-order chi connectivity index (χ1) is 24.7. The molecule has 1 aliphatic rings. The molecule has 1 fully saturated rings. The molecule has 0 bridgehead atoms. The average Bonchev–Trinajstić information content (AvgIpc) is 3.15. The Kier molecular flexibility index (Phi) is 44.9. The van der Waals surface area contributed by atoms with E-state index in [0.717, 1.165) is 36.8 Å². The van der Waals surface area contributed by atoms with Gasteiger partial charge in [-0.25, -0.2) is 0 Å². The fraction of sp³-hybridized carbons (Fsp3) is 0.385. The molecule has 0 saturated carbocycles. The van der Waals surface area contributed by atoms with Gasteiger partial charge in [-0.1, -0.05) is 129 Å². The molecule has 4 aromatic rings. The third-order valence-corrected chi connectivity index (χ3v) is 10.1. The van der Waals surface area contributed by atoms with Gasteiger partial charge in [0.05, 0.1) is 5.69 Å². The van der Waals surface area contributed by atoms with Crippen LogP contribution < -0.4 is 29.2 Å². The normalized spacial score (nSPS) is 11.1. The Bertz CT molecular complexity index is 1470. The fourth-order valence-electron chi connectivity index (χ4n) is 5.03. The number of unbranched alkanes of at least 4 members (excludes halogenated alkanes) is 4. The second-order valence-electron chi connectivity index (χ2n) is 11.6. The summed E-state index contributed by atoms with van der Waals surface area (Å²) in [6.45, 7) is 17.4. The van der Waals surface area contributed by atoms with Crippen molar-refractivity contribution in [3.8, 4) is 0 Å². The van der Waals surface area contributed by atoms with E-state index in [0.29, 0.717) is 13.3 Å². The molecule has 1 aliphatic heterocycles. The zero-order valence-electron chi connectivity index (χ0n) is 31.3. The number of nitrogen functional groups attached to an aromatic ring is 1. The van der Waals surface area contributed by atoms with Crippen LogP contribution >= 0.6 is 153 Å². The second kappa shape index (κ2) is 39.8. The third kappa shape index (κ3) is 27.0. The summed E-state index contributed by atoms with van der Waals surface area (Å²) in [6.07, 6.45) is 7.01. The molecule has 1 saturated heterocycles. The van der Waals surface area contributed by atoms with Crippen molar-refractivity contribution in [2.75, 3.05) is 36.8 Å². The fourth-order valence-corrected chi connectivity index (χ4v) is 6.99. The number of piperazine rings is 1. The minimum absolute atomic E-state index is 0. The molecule has 0 amide bonds.